The van der Waals surface area contributed by atoms with Gasteiger partial charge in [0.05, 0.1) is 18.8 Å². The van der Waals surface area contributed by atoms with E-state index in [0.29, 0.717) is 18.2 Å². The standard InChI is InChI=1S/C11H14ClNO2/c1-2-14-7-9-6-13-10-5-8(12)3-4-11(10)15-9/h3-5,9,13H,2,6-7H2,1H3. The predicted octanol–water partition coefficient (Wildman–Crippen LogP) is 2.55. The Labute approximate surface area is 94.3 Å². The van der Waals surface area contributed by atoms with Crippen LogP contribution in [0.1, 0.15) is 6.92 Å². The molecule has 0 aliphatic carbocycles. The monoisotopic (exact) mass is 227 g/mol. The summed E-state index contributed by atoms with van der Waals surface area (Å²) < 4.78 is 11.1. The normalized spacial score (nSPS) is 18.9. The van der Waals surface area contributed by atoms with Crippen LogP contribution < -0.4 is 10.1 Å². The van der Waals surface area contributed by atoms with E-state index >= 15 is 0 Å². The van der Waals surface area contributed by atoms with E-state index in [9.17, 15) is 0 Å². The maximum absolute atomic E-state index is 5.88. The number of benzene rings is 1. The van der Waals surface area contributed by atoms with Gasteiger partial charge in [0.15, 0.2) is 0 Å². The first-order valence-corrected chi connectivity index (χ1v) is 5.45. The Bertz CT molecular complexity index is 343. The summed E-state index contributed by atoms with van der Waals surface area (Å²) in [5.41, 5.74) is 0.954. The molecular formula is C11H14ClNO2. The van der Waals surface area contributed by atoms with Crippen LogP contribution in [0.5, 0.6) is 5.75 Å². The first-order valence-electron chi connectivity index (χ1n) is 5.07. The van der Waals surface area contributed by atoms with E-state index in [1.807, 2.05) is 25.1 Å². The van der Waals surface area contributed by atoms with Crippen molar-refractivity contribution in [3.8, 4) is 5.75 Å². The van der Waals surface area contributed by atoms with Crippen molar-refractivity contribution in [3.63, 3.8) is 0 Å². The van der Waals surface area contributed by atoms with E-state index in [0.717, 1.165) is 18.0 Å². The summed E-state index contributed by atoms with van der Waals surface area (Å²) in [7, 11) is 0. The zero-order valence-corrected chi connectivity index (χ0v) is 9.38. The second-order valence-corrected chi connectivity index (χ2v) is 3.86. The molecule has 0 amide bonds. The molecule has 0 saturated carbocycles. The molecular weight excluding hydrogens is 214 g/mol. The van der Waals surface area contributed by atoms with Crippen molar-refractivity contribution in [1.29, 1.82) is 0 Å². The third kappa shape index (κ3) is 2.55. The van der Waals surface area contributed by atoms with Crippen LogP contribution in [-0.2, 0) is 4.74 Å². The second kappa shape index (κ2) is 4.73. The highest BCUT2D eigenvalue weighted by atomic mass is 35.5. The molecule has 82 valence electrons. The average molecular weight is 228 g/mol. The van der Waals surface area contributed by atoms with Gasteiger partial charge in [-0.15, -0.1) is 0 Å². The molecule has 1 N–H and O–H groups in total. The fourth-order valence-corrected chi connectivity index (χ4v) is 1.70. The molecule has 1 aromatic rings. The average Bonchev–Trinajstić information content (AvgIpc) is 2.26. The van der Waals surface area contributed by atoms with Crippen LogP contribution in [0, 0.1) is 0 Å². The van der Waals surface area contributed by atoms with Gasteiger partial charge in [0.2, 0.25) is 0 Å². The minimum Gasteiger partial charge on any atom is -0.484 e. The minimum atomic E-state index is 0.0821. The molecule has 0 radical (unpaired) electrons. The number of nitrogens with one attached hydrogen (secondary N) is 1. The van der Waals surface area contributed by atoms with Gasteiger partial charge < -0.3 is 14.8 Å². The van der Waals surface area contributed by atoms with E-state index in [1.54, 1.807) is 0 Å². The van der Waals surface area contributed by atoms with Gasteiger partial charge in [-0.1, -0.05) is 11.6 Å². The molecule has 3 nitrogen and oxygen atoms in total. The Balaban J connectivity index is 2.03. The fraction of sp³-hybridized carbons (Fsp3) is 0.455. The van der Waals surface area contributed by atoms with Crippen LogP contribution in [0.4, 0.5) is 5.69 Å². The Morgan fingerprint density at radius 1 is 1.60 bits per heavy atom. The van der Waals surface area contributed by atoms with Crippen LogP contribution >= 0.6 is 11.6 Å². The van der Waals surface area contributed by atoms with Crippen LogP contribution in [0.25, 0.3) is 0 Å². The van der Waals surface area contributed by atoms with E-state index in [2.05, 4.69) is 5.32 Å². The summed E-state index contributed by atoms with van der Waals surface area (Å²) in [6, 6.07) is 5.57. The van der Waals surface area contributed by atoms with E-state index in [-0.39, 0.29) is 6.10 Å². The maximum atomic E-state index is 5.88. The lowest BCUT2D eigenvalue weighted by atomic mass is 10.2. The van der Waals surface area contributed by atoms with E-state index in [1.165, 1.54) is 0 Å². The van der Waals surface area contributed by atoms with Crippen molar-refractivity contribution in [1.82, 2.24) is 0 Å². The topological polar surface area (TPSA) is 30.5 Å². The summed E-state index contributed by atoms with van der Waals surface area (Å²) in [6.45, 7) is 4.07. The summed E-state index contributed by atoms with van der Waals surface area (Å²) in [5.74, 6) is 0.843. The number of hydrogen-bond donors (Lipinski definition) is 1. The van der Waals surface area contributed by atoms with Crippen molar-refractivity contribution in [2.45, 2.75) is 13.0 Å². The van der Waals surface area contributed by atoms with E-state index < -0.39 is 0 Å². The number of ether oxygens (including phenoxy) is 2. The molecule has 1 heterocycles. The van der Waals surface area contributed by atoms with Gasteiger partial charge >= 0.3 is 0 Å². The van der Waals surface area contributed by atoms with Crippen LogP contribution in [0.3, 0.4) is 0 Å². The number of halogens is 1. The molecule has 1 aliphatic rings. The van der Waals surface area contributed by atoms with Crippen molar-refractivity contribution in [3.05, 3.63) is 23.2 Å². The van der Waals surface area contributed by atoms with Gasteiger partial charge in [0, 0.05) is 11.6 Å². The Morgan fingerprint density at radius 2 is 2.47 bits per heavy atom. The summed E-state index contributed by atoms with van der Waals surface area (Å²) in [4.78, 5) is 0. The van der Waals surface area contributed by atoms with Crippen molar-refractivity contribution in [2.24, 2.45) is 0 Å². The van der Waals surface area contributed by atoms with Crippen molar-refractivity contribution >= 4 is 17.3 Å². The third-order valence-electron chi connectivity index (χ3n) is 2.26. The first-order chi connectivity index (χ1) is 7.29. The fourth-order valence-electron chi connectivity index (χ4n) is 1.53. The van der Waals surface area contributed by atoms with Gasteiger partial charge in [0.25, 0.3) is 0 Å². The Kier molecular flexibility index (Phi) is 3.34. The number of anilines is 1. The van der Waals surface area contributed by atoms with Crippen LogP contribution in [-0.4, -0.2) is 25.9 Å². The molecule has 1 aromatic carbocycles. The molecule has 0 saturated heterocycles. The van der Waals surface area contributed by atoms with Gasteiger partial charge in [0.1, 0.15) is 11.9 Å². The lowest BCUT2D eigenvalue weighted by Gasteiger charge is -2.27. The zero-order valence-electron chi connectivity index (χ0n) is 8.63. The number of fused-ring (bicyclic) bond motifs is 1. The van der Waals surface area contributed by atoms with Gasteiger partial charge in [-0.25, -0.2) is 0 Å². The molecule has 15 heavy (non-hydrogen) atoms. The summed E-state index contributed by atoms with van der Waals surface area (Å²) >= 11 is 5.88. The third-order valence-corrected chi connectivity index (χ3v) is 2.50. The highest BCUT2D eigenvalue weighted by Crippen LogP contribution is 2.31. The maximum Gasteiger partial charge on any atom is 0.143 e. The molecule has 1 aliphatic heterocycles. The summed E-state index contributed by atoms with van der Waals surface area (Å²) in [6.07, 6.45) is 0.0821. The molecule has 0 spiro atoms. The SMILES string of the molecule is CCOCC1CNc2cc(Cl)ccc2O1. The van der Waals surface area contributed by atoms with Gasteiger partial charge in [-0.05, 0) is 25.1 Å². The molecule has 2 rings (SSSR count). The lowest BCUT2D eigenvalue weighted by Crippen LogP contribution is -2.34. The first kappa shape index (κ1) is 10.6. The number of hydrogen-bond acceptors (Lipinski definition) is 3. The largest absolute Gasteiger partial charge is 0.484 e. The zero-order chi connectivity index (χ0) is 10.7. The minimum absolute atomic E-state index is 0.0821. The predicted molar refractivity (Wildman–Crippen MR) is 60.9 cm³/mol. The smallest absolute Gasteiger partial charge is 0.143 e. The highest BCUT2D eigenvalue weighted by Gasteiger charge is 2.19. The highest BCUT2D eigenvalue weighted by molar-refractivity contribution is 6.30. The van der Waals surface area contributed by atoms with Crippen LogP contribution in [0.2, 0.25) is 5.02 Å². The quantitative estimate of drug-likeness (QED) is 0.861. The molecule has 1 atom stereocenters. The van der Waals surface area contributed by atoms with Gasteiger partial charge in [-0.3, -0.25) is 0 Å². The Hall–Kier alpha value is -0.930. The lowest BCUT2D eigenvalue weighted by molar-refractivity contribution is 0.0599. The van der Waals surface area contributed by atoms with E-state index in [4.69, 9.17) is 21.1 Å². The molecule has 0 aromatic heterocycles. The summed E-state index contributed by atoms with van der Waals surface area (Å²) in [5, 5.41) is 3.99. The second-order valence-electron chi connectivity index (χ2n) is 3.42. The Morgan fingerprint density at radius 3 is 3.27 bits per heavy atom. The van der Waals surface area contributed by atoms with Crippen molar-refractivity contribution < 1.29 is 9.47 Å². The molecule has 0 fully saturated rings. The van der Waals surface area contributed by atoms with Crippen molar-refractivity contribution in [2.75, 3.05) is 25.1 Å². The number of rotatable bonds is 3. The van der Waals surface area contributed by atoms with Gasteiger partial charge in [-0.2, -0.15) is 0 Å². The van der Waals surface area contributed by atoms with Crippen LogP contribution in [0.15, 0.2) is 18.2 Å². The molecule has 0 bridgehead atoms. The molecule has 1 unspecified atom stereocenters. The molecule has 4 heteroatoms.